The molecule has 0 saturated heterocycles. The van der Waals surface area contributed by atoms with Crippen molar-refractivity contribution in [1.29, 1.82) is 0 Å². The third-order valence-electron chi connectivity index (χ3n) is 3.97. The molecule has 0 heterocycles. The summed E-state index contributed by atoms with van der Waals surface area (Å²) in [5.41, 5.74) is 6.32. The Morgan fingerprint density at radius 1 is 1.30 bits per heavy atom. The summed E-state index contributed by atoms with van der Waals surface area (Å²) < 4.78 is 26.9. The molecule has 0 spiro atoms. The van der Waals surface area contributed by atoms with Crippen LogP contribution >= 0.6 is 0 Å². The monoisotopic (exact) mass is 282 g/mol. The van der Waals surface area contributed by atoms with Crippen LogP contribution in [0.1, 0.15) is 50.6 Å². The number of benzene rings is 1. The van der Waals surface area contributed by atoms with E-state index in [0.717, 1.165) is 19.2 Å². The molecule has 1 saturated carbocycles. The molecule has 4 heteroatoms. The van der Waals surface area contributed by atoms with Gasteiger partial charge >= 0.3 is 0 Å². The first-order valence-electron chi connectivity index (χ1n) is 7.57. The normalized spacial score (nSPS) is 16.6. The van der Waals surface area contributed by atoms with E-state index < -0.39 is 17.7 Å². The Kier molecular flexibility index (Phi) is 5.49. The molecule has 1 aromatic rings. The third kappa shape index (κ3) is 4.00. The molecule has 2 N–H and O–H groups in total. The average molecular weight is 282 g/mol. The topological polar surface area (TPSA) is 29.3 Å². The maximum Gasteiger partial charge on any atom is 0.163 e. The smallest absolute Gasteiger partial charge is 0.163 e. The van der Waals surface area contributed by atoms with E-state index in [4.69, 9.17) is 5.73 Å². The van der Waals surface area contributed by atoms with E-state index in [1.807, 2.05) is 0 Å². The van der Waals surface area contributed by atoms with Crippen LogP contribution in [0.15, 0.2) is 18.2 Å². The van der Waals surface area contributed by atoms with Gasteiger partial charge in [0.25, 0.3) is 0 Å². The van der Waals surface area contributed by atoms with Crippen LogP contribution in [0.4, 0.5) is 8.78 Å². The van der Waals surface area contributed by atoms with E-state index in [1.54, 1.807) is 6.07 Å². The molecule has 0 aliphatic heterocycles. The average Bonchev–Trinajstić information content (AvgIpc) is 3.26. The van der Waals surface area contributed by atoms with Gasteiger partial charge in [0.1, 0.15) is 0 Å². The summed E-state index contributed by atoms with van der Waals surface area (Å²) >= 11 is 0. The number of hydrogen-bond donors (Lipinski definition) is 1. The molecule has 1 aliphatic carbocycles. The highest BCUT2D eigenvalue weighted by Gasteiger charge is 2.28. The van der Waals surface area contributed by atoms with Crippen molar-refractivity contribution in [3.05, 3.63) is 35.4 Å². The largest absolute Gasteiger partial charge is 0.324 e. The second-order valence-electron chi connectivity index (χ2n) is 5.66. The summed E-state index contributed by atoms with van der Waals surface area (Å²) in [7, 11) is 0. The van der Waals surface area contributed by atoms with Crippen molar-refractivity contribution >= 4 is 0 Å². The van der Waals surface area contributed by atoms with Gasteiger partial charge in [0.05, 0.1) is 0 Å². The van der Waals surface area contributed by atoms with Crippen molar-refractivity contribution in [3.8, 4) is 0 Å². The van der Waals surface area contributed by atoms with Crippen molar-refractivity contribution in [2.75, 3.05) is 13.1 Å². The molecule has 1 atom stereocenters. The number of unbranched alkanes of at least 4 members (excludes halogenated alkanes) is 1. The summed E-state index contributed by atoms with van der Waals surface area (Å²) in [5.74, 6) is -1.62. The number of nitrogens with two attached hydrogens (primary N) is 1. The maximum atomic E-state index is 13.7. The standard InChI is InChI=1S/C16H24F2N2/c1-2-3-10-20(12-7-8-12)11-9-15(19)13-5-4-6-14(17)16(13)18/h4-6,12,15H,2-3,7-11,19H2,1H3. The predicted octanol–water partition coefficient (Wildman–Crippen LogP) is 3.62. The van der Waals surface area contributed by atoms with Crippen LogP contribution in [0.3, 0.4) is 0 Å². The lowest BCUT2D eigenvalue weighted by Gasteiger charge is -2.23. The summed E-state index contributed by atoms with van der Waals surface area (Å²) in [5, 5.41) is 0. The van der Waals surface area contributed by atoms with Crippen molar-refractivity contribution in [2.45, 2.75) is 51.1 Å². The molecule has 1 unspecified atom stereocenters. The highest BCUT2D eigenvalue weighted by Crippen LogP contribution is 2.28. The molecule has 2 nitrogen and oxygen atoms in total. The first-order chi connectivity index (χ1) is 9.63. The van der Waals surface area contributed by atoms with Crippen molar-refractivity contribution in [3.63, 3.8) is 0 Å². The lowest BCUT2D eigenvalue weighted by molar-refractivity contribution is 0.248. The van der Waals surface area contributed by atoms with Gasteiger partial charge in [-0.15, -0.1) is 0 Å². The minimum absolute atomic E-state index is 0.288. The van der Waals surface area contributed by atoms with E-state index in [1.165, 1.54) is 31.7 Å². The second-order valence-corrected chi connectivity index (χ2v) is 5.66. The molecule has 0 bridgehead atoms. The lowest BCUT2D eigenvalue weighted by atomic mass is 10.0. The first kappa shape index (κ1) is 15.4. The van der Waals surface area contributed by atoms with E-state index in [0.29, 0.717) is 12.5 Å². The van der Waals surface area contributed by atoms with E-state index >= 15 is 0 Å². The van der Waals surface area contributed by atoms with Crippen LogP contribution in [0.5, 0.6) is 0 Å². The Morgan fingerprint density at radius 3 is 2.70 bits per heavy atom. The van der Waals surface area contributed by atoms with Gasteiger partial charge in [-0.25, -0.2) is 8.78 Å². The Hall–Kier alpha value is -1.00. The van der Waals surface area contributed by atoms with E-state index in [2.05, 4.69) is 11.8 Å². The van der Waals surface area contributed by atoms with Crippen LogP contribution in [0, 0.1) is 11.6 Å². The third-order valence-corrected chi connectivity index (χ3v) is 3.97. The fourth-order valence-corrected chi connectivity index (χ4v) is 2.55. The second kappa shape index (κ2) is 7.14. The fraction of sp³-hybridized carbons (Fsp3) is 0.625. The maximum absolute atomic E-state index is 13.7. The zero-order valence-electron chi connectivity index (χ0n) is 12.1. The molecule has 0 aromatic heterocycles. The van der Waals surface area contributed by atoms with Gasteiger partial charge in [-0.1, -0.05) is 25.5 Å². The SMILES string of the molecule is CCCCN(CCC(N)c1cccc(F)c1F)C1CC1. The van der Waals surface area contributed by atoms with Crippen LogP contribution in [0.25, 0.3) is 0 Å². The van der Waals surface area contributed by atoms with E-state index in [-0.39, 0.29) is 5.56 Å². The first-order valence-corrected chi connectivity index (χ1v) is 7.57. The van der Waals surface area contributed by atoms with Gasteiger partial charge in [0, 0.05) is 24.2 Å². The lowest BCUT2D eigenvalue weighted by Crippen LogP contribution is -2.30. The van der Waals surface area contributed by atoms with Crippen LogP contribution < -0.4 is 5.73 Å². The quantitative estimate of drug-likeness (QED) is 0.789. The summed E-state index contributed by atoms with van der Waals surface area (Å²) in [6.07, 6.45) is 5.54. The zero-order valence-corrected chi connectivity index (χ0v) is 12.1. The van der Waals surface area contributed by atoms with Crippen LogP contribution in [0.2, 0.25) is 0 Å². The van der Waals surface area contributed by atoms with Gasteiger partial charge in [0.15, 0.2) is 11.6 Å². The number of rotatable bonds is 8. The number of hydrogen-bond acceptors (Lipinski definition) is 2. The molecule has 0 amide bonds. The molecular weight excluding hydrogens is 258 g/mol. The Balaban J connectivity index is 1.89. The van der Waals surface area contributed by atoms with Gasteiger partial charge in [0.2, 0.25) is 0 Å². The highest BCUT2D eigenvalue weighted by atomic mass is 19.2. The fourth-order valence-electron chi connectivity index (χ4n) is 2.55. The Labute approximate surface area is 120 Å². The van der Waals surface area contributed by atoms with Gasteiger partial charge < -0.3 is 10.6 Å². The van der Waals surface area contributed by atoms with Crippen molar-refractivity contribution in [2.24, 2.45) is 5.73 Å². The minimum atomic E-state index is -0.817. The summed E-state index contributed by atoms with van der Waals surface area (Å²) in [6, 6.07) is 4.48. The Morgan fingerprint density at radius 2 is 2.05 bits per heavy atom. The molecule has 2 rings (SSSR count). The minimum Gasteiger partial charge on any atom is -0.324 e. The molecule has 1 aliphatic rings. The molecular formula is C16H24F2N2. The molecule has 0 radical (unpaired) electrons. The van der Waals surface area contributed by atoms with Crippen molar-refractivity contribution in [1.82, 2.24) is 4.90 Å². The van der Waals surface area contributed by atoms with Gasteiger partial charge in [-0.2, -0.15) is 0 Å². The van der Waals surface area contributed by atoms with Crippen molar-refractivity contribution < 1.29 is 8.78 Å². The molecule has 1 fully saturated rings. The Bertz CT molecular complexity index is 432. The number of halogens is 2. The van der Waals surface area contributed by atoms with Gasteiger partial charge in [-0.3, -0.25) is 0 Å². The van der Waals surface area contributed by atoms with Crippen LogP contribution in [-0.4, -0.2) is 24.0 Å². The summed E-state index contributed by atoms with van der Waals surface area (Å²) in [6.45, 7) is 4.13. The molecule has 20 heavy (non-hydrogen) atoms. The van der Waals surface area contributed by atoms with Crippen LogP contribution in [-0.2, 0) is 0 Å². The predicted molar refractivity (Wildman–Crippen MR) is 77.4 cm³/mol. The number of nitrogens with zero attached hydrogens (tertiary/aromatic N) is 1. The van der Waals surface area contributed by atoms with Gasteiger partial charge in [-0.05, 0) is 38.3 Å². The van der Waals surface area contributed by atoms with E-state index in [9.17, 15) is 8.78 Å². The summed E-state index contributed by atoms with van der Waals surface area (Å²) in [4.78, 5) is 2.45. The highest BCUT2D eigenvalue weighted by molar-refractivity contribution is 5.22. The molecule has 112 valence electrons. The molecule has 1 aromatic carbocycles. The zero-order chi connectivity index (χ0) is 14.5.